The van der Waals surface area contributed by atoms with E-state index in [9.17, 15) is 21.6 Å². The Morgan fingerprint density at radius 2 is 1.79 bits per heavy atom. The molecule has 0 unspecified atom stereocenters. The highest BCUT2D eigenvalue weighted by Gasteiger charge is 2.49. The van der Waals surface area contributed by atoms with Crippen molar-refractivity contribution in [1.82, 2.24) is 9.80 Å². The molecule has 0 spiro atoms. The van der Waals surface area contributed by atoms with E-state index in [4.69, 9.17) is 4.74 Å². The Morgan fingerprint density at radius 1 is 1.14 bits per heavy atom. The van der Waals surface area contributed by atoms with Crippen LogP contribution in [0.5, 0.6) is 5.75 Å². The van der Waals surface area contributed by atoms with Gasteiger partial charge in [-0.3, -0.25) is 9.69 Å². The molecule has 2 atom stereocenters. The van der Waals surface area contributed by atoms with Crippen LogP contribution >= 0.6 is 0 Å². The number of carbonyl (C=O) groups excluding carboxylic acids is 1. The lowest BCUT2D eigenvalue weighted by Crippen LogP contribution is -2.55. The Balaban J connectivity index is 1.95. The van der Waals surface area contributed by atoms with Gasteiger partial charge in [0.25, 0.3) is 0 Å². The summed E-state index contributed by atoms with van der Waals surface area (Å²) in [6.45, 7) is 5.11. The molecule has 2 fully saturated rings. The molecule has 8 nitrogen and oxygen atoms in total. The number of sulfone groups is 2. The van der Waals surface area contributed by atoms with Crippen LogP contribution < -0.4 is 4.74 Å². The van der Waals surface area contributed by atoms with Crippen LogP contribution in [-0.4, -0.2) is 88.6 Å². The van der Waals surface area contributed by atoms with Gasteiger partial charge < -0.3 is 9.64 Å². The van der Waals surface area contributed by atoms with E-state index >= 15 is 0 Å². The highest BCUT2D eigenvalue weighted by atomic mass is 32.2. The first kappa shape index (κ1) is 21.1. The van der Waals surface area contributed by atoms with Gasteiger partial charge in [0.15, 0.2) is 19.7 Å². The van der Waals surface area contributed by atoms with Crippen molar-refractivity contribution in [3.05, 3.63) is 23.8 Å². The zero-order valence-corrected chi connectivity index (χ0v) is 17.9. The van der Waals surface area contributed by atoms with Crippen LogP contribution in [0.15, 0.2) is 23.1 Å². The molecule has 0 bridgehead atoms. The molecule has 1 aromatic carbocycles. The number of nitrogens with zero attached hydrogens (tertiary/aromatic N) is 2. The van der Waals surface area contributed by atoms with Crippen molar-refractivity contribution in [2.75, 3.05) is 44.8 Å². The van der Waals surface area contributed by atoms with Crippen molar-refractivity contribution in [3.8, 4) is 5.75 Å². The van der Waals surface area contributed by atoms with E-state index in [-0.39, 0.29) is 22.3 Å². The number of carbonyl (C=O) groups is 1. The predicted molar refractivity (Wildman–Crippen MR) is 105 cm³/mol. The van der Waals surface area contributed by atoms with Crippen molar-refractivity contribution >= 4 is 25.6 Å². The fourth-order valence-electron chi connectivity index (χ4n) is 3.97. The number of benzene rings is 1. The molecule has 0 saturated carbocycles. The molecule has 2 aliphatic rings. The molecule has 28 heavy (non-hydrogen) atoms. The molecule has 3 rings (SSSR count). The lowest BCUT2D eigenvalue weighted by molar-refractivity contribution is -0.130. The molecule has 1 aromatic rings. The summed E-state index contributed by atoms with van der Waals surface area (Å²) in [5.41, 5.74) is 0.756. The van der Waals surface area contributed by atoms with Crippen LogP contribution in [0.2, 0.25) is 0 Å². The van der Waals surface area contributed by atoms with Crippen LogP contribution in [0.25, 0.3) is 0 Å². The Kier molecular flexibility index (Phi) is 5.75. The van der Waals surface area contributed by atoms with Crippen molar-refractivity contribution in [2.45, 2.75) is 30.0 Å². The number of amides is 1. The number of hydrogen-bond acceptors (Lipinski definition) is 7. The minimum atomic E-state index is -3.93. The summed E-state index contributed by atoms with van der Waals surface area (Å²) in [7, 11) is -6.02. The first-order valence-corrected chi connectivity index (χ1v) is 12.5. The van der Waals surface area contributed by atoms with Gasteiger partial charge in [0.1, 0.15) is 10.6 Å². The van der Waals surface area contributed by atoms with Gasteiger partial charge in [0.2, 0.25) is 5.91 Å². The van der Waals surface area contributed by atoms with Crippen LogP contribution in [0.3, 0.4) is 0 Å². The predicted octanol–water partition coefficient (Wildman–Crippen LogP) is 0.107. The van der Waals surface area contributed by atoms with E-state index in [0.717, 1.165) is 5.56 Å². The van der Waals surface area contributed by atoms with Crippen molar-refractivity contribution in [2.24, 2.45) is 0 Å². The summed E-state index contributed by atoms with van der Waals surface area (Å²) in [6, 6.07) is 4.24. The molecule has 2 aliphatic heterocycles. The van der Waals surface area contributed by atoms with Crippen molar-refractivity contribution in [3.63, 3.8) is 0 Å². The van der Waals surface area contributed by atoms with Crippen LogP contribution in [0, 0.1) is 6.92 Å². The van der Waals surface area contributed by atoms with Gasteiger partial charge >= 0.3 is 0 Å². The van der Waals surface area contributed by atoms with E-state index in [1.807, 2.05) is 4.90 Å². The topological polar surface area (TPSA) is 101 Å². The molecule has 1 amide bonds. The minimum Gasteiger partial charge on any atom is -0.495 e. The molecule has 0 radical (unpaired) electrons. The van der Waals surface area contributed by atoms with Crippen LogP contribution in [0.4, 0.5) is 0 Å². The zero-order valence-electron chi connectivity index (χ0n) is 16.3. The van der Waals surface area contributed by atoms with Gasteiger partial charge in [-0.1, -0.05) is 6.07 Å². The normalized spacial score (nSPS) is 25.6. The lowest BCUT2D eigenvalue weighted by Gasteiger charge is -2.39. The molecular formula is C18H26N2O6S2. The maximum absolute atomic E-state index is 13.4. The van der Waals surface area contributed by atoms with Gasteiger partial charge in [-0.15, -0.1) is 0 Å². The van der Waals surface area contributed by atoms with Gasteiger partial charge in [-0.25, -0.2) is 16.8 Å². The lowest BCUT2D eigenvalue weighted by atomic mass is 10.2. The Bertz CT molecular complexity index is 966. The van der Waals surface area contributed by atoms with Gasteiger partial charge in [-0.05, 0) is 24.6 Å². The van der Waals surface area contributed by atoms with Gasteiger partial charge in [-0.2, -0.15) is 0 Å². The first-order valence-electron chi connectivity index (χ1n) is 9.13. The summed E-state index contributed by atoms with van der Waals surface area (Å²) < 4.78 is 56.9. The number of methoxy groups -OCH3 is 1. The third kappa shape index (κ3) is 4.04. The average Bonchev–Trinajstić information content (AvgIpc) is 2.98. The van der Waals surface area contributed by atoms with Crippen molar-refractivity contribution < 1.29 is 26.4 Å². The number of ether oxygens (including phenoxy) is 1. The van der Waals surface area contributed by atoms with E-state index in [1.165, 1.54) is 20.1 Å². The summed E-state index contributed by atoms with van der Waals surface area (Å²) in [4.78, 5) is 15.2. The average molecular weight is 431 g/mol. The highest BCUT2D eigenvalue weighted by molar-refractivity contribution is 7.96. The Morgan fingerprint density at radius 3 is 2.36 bits per heavy atom. The number of aryl methyl sites for hydroxylation is 1. The third-order valence-electron chi connectivity index (χ3n) is 5.52. The maximum atomic E-state index is 13.4. The standard InChI is InChI=1S/C18H26N2O6S2/c1-13-4-5-16(26-3)17(10-13)28(24,25)18-12-27(22,23)11-15(18)20-8-6-19(7-9-20)14(2)21/h4-5,10,15,18H,6-9,11-12H2,1-3H3/t15-,18+/m0/s1. The van der Waals surface area contributed by atoms with Crippen LogP contribution in [-0.2, 0) is 24.5 Å². The van der Waals surface area contributed by atoms with Gasteiger partial charge in [0.05, 0.1) is 23.9 Å². The smallest absolute Gasteiger partial charge is 0.219 e. The zero-order chi connectivity index (χ0) is 20.7. The Labute approximate surface area is 166 Å². The minimum absolute atomic E-state index is 0.0319. The second-order valence-corrected chi connectivity index (χ2v) is 11.7. The first-order chi connectivity index (χ1) is 13.0. The molecule has 0 aromatic heterocycles. The van der Waals surface area contributed by atoms with Crippen molar-refractivity contribution in [1.29, 1.82) is 0 Å². The molecular weight excluding hydrogens is 404 g/mol. The fraction of sp³-hybridized carbons (Fsp3) is 0.611. The quantitative estimate of drug-likeness (QED) is 0.668. The second-order valence-electron chi connectivity index (χ2n) is 7.42. The molecule has 10 heteroatoms. The van der Waals surface area contributed by atoms with E-state index < -0.39 is 36.7 Å². The summed E-state index contributed by atoms with van der Waals surface area (Å²) >= 11 is 0. The number of piperazine rings is 1. The number of hydrogen-bond donors (Lipinski definition) is 0. The van der Waals surface area contributed by atoms with E-state index in [2.05, 4.69) is 0 Å². The summed E-state index contributed by atoms with van der Waals surface area (Å²) in [5, 5.41) is -1.06. The summed E-state index contributed by atoms with van der Waals surface area (Å²) in [6.07, 6.45) is 0. The largest absolute Gasteiger partial charge is 0.495 e. The molecule has 0 aliphatic carbocycles. The SMILES string of the molecule is COc1ccc(C)cc1S(=O)(=O)[C@@H]1CS(=O)(=O)C[C@@H]1N1CCN(C(C)=O)CC1. The maximum Gasteiger partial charge on any atom is 0.219 e. The molecule has 2 heterocycles. The monoisotopic (exact) mass is 430 g/mol. The van der Waals surface area contributed by atoms with Gasteiger partial charge in [0, 0.05) is 39.1 Å². The molecule has 156 valence electrons. The number of rotatable bonds is 4. The van der Waals surface area contributed by atoms with Crippen LogP contribution in [0.1, 0.15) is 12.5 Å². The molecule has 0 N–H and O–H groups in total. The van der Waals surface area contributed by atoms with E-state index in [0.29, 0.717) is 26.2 Å². The molecule has 2 saturated heterocycles. The Hall–Kier alpha value is -1.65. The fourth-order valence-corrected chi connectivity index (χ4v) is 9.04. The highest BCUT2D eigenvalue weighted by Crippen LogP contribution is 2.34. The second kappa shape index (κ2) is 7.64. The summed E-state index contributed by atoms with van der Waals surface area (Å²) in [5.74, 6) is -0.405. The third-order valence-corrected chi connectivity index (χ3v) is 9.66. The van der Waals surface area contributed by atoms with E-state index in [1.54, 1.807) is 24.0 Å².